The summed E-state index contributed by atoms with van der Waals surface area (Å²) in [6, 6.07) is 11.8. The number of amides is 2. The first kappa shape index (κ1) is 17.4. The predicted octanol–water partition coefficient (Wildman–Crippen LogP) is 4.52. The van der Waals surface area contributed by atoms with Crippen LogP contribution in [0.3, 0.4) is 0 Å². The van der Waals surface area contributed by atoms with Gasteiger partial charge in [-0.1, -0.05) is 35.3 Å². The van der Waals surface area contributed by atoms with Crippen LogP contribution in [0.1, 0.15) is 12.0 Å². The molecule has 0 atom stereocenters. The quantitative estimate of drug-likeness (QED) is 0.405. The van der Waals surface area contributed by atoms with E-state index in [1.807, 2.05) is 12.1 Å². The summed E-state index contributed by atoms with van der Waals surface area (Å²) in [4.78, 5) is 11.0. The number of benzene rings is 2. The normalized spacial score (nSPS) is 10.2. The summed E-state index contributed by atoms with van der Waals surface area (Å²) in [5, 5.41) is 12.0. The fraction of sp³-hybridized carbons (Fsp3) is 0.188. The highest BCUT2D eigenvalue weighted by Crippen LogP contribution is 2.23. The highest BCUT2D eigenvalue weighted by molar-refractivity contribution is 6.42. The van der Waals surface area contributed by atoms with Gasteiger partial charge in [-0.05, 0) is 42.7 Å². The van der Waals surface area contributed by atoms with Crippen LogP contribution < -0.4 is 15.5 Å². The van der Waals surface area contributed by atoms with Crippen molar-refractivity contribution >= 4 is 34.9 Å². The third kappa shape index (κ3) is 5.63. The fourth-order valence-electron chi connectivity index (χ4n) is 1.98. The molecular formula is C16H16Cl2N2O3. The van der Waals surface area contributed by atoms with Crippen molar-refractivity contribution in [2.24, 2.45) is 0 Å². The summed E-state index contributed by atoms with van der Waals surface area (Å²) < 4.78 is 5.64. The standard InChI is InChI=1S/C16H16Cl2N2O3/c17-14-7-6-11(9-15(14)18)3-2-8-23-13-5-1-4-12(10-13)19-16(21)20-22/h1,4-7,9-10,22H,2-3,8H2,(H2,19,20,21). The molecule has 0 aromatic heterocycles. The highest BCUT2D eigenvalue weighted by atomic mass is 35.5. The number of hydrogen-bond donors (Lipinski definition) is 3. The molecule has 0 aliphatic heterocycles. The molecule has 2 rings (SSSR count). The summed E-state index contributed by atoms with van der Waals surface area (Å²) in [6.45, 7) is 0.524. The summed E-state index contributed by atoms with van der Waals surface area (Å²) >= 11 is 11.8. The fourth-order valence-corrected chi connectivity index (χ4v) is 2.30. The molecule has 0 aliphatic carbocycles. The lowest BCUT2D eigenvalue weighted by Gasteiger charge is -2.09. The van der Waals surface area contributed by atoms with Gasteiger partial charge >= 0.3 is 6.03 Å². The van der Waals surface area contributed by atoms with Crippen LogP contribution in [0, 0.1) is 0 Å². The first-order valence-corrected chi connectivity index (χ1v) is 7.72. The maximum atomic E-state index is 11.0. The van der Waals surface area contributed by atoms with Gasteiger partial charge in [0.25, 0.3) is 0 Å². The number of hydrogen-bond acceptors (Lipinski definition) is 3. The van der Waals surface area contributed by atoms with Gasteiger partial charge in [0, 0.05) is 11.8 Å². The molecule has 7 heteroatoms. The van der Waals surface area contributed by atoms with Crippen LogP contribution in [0.25, 0.3) is 0 Å². The molecule has 2 aromatic rings. The van der Waals surface area contributed by atoms with E-state index >= 15 is 0 Å². The van der Waals surface area contributed by atoms with Crippen LogP contribution in [0.2, 0.25) is 10.0 Å². The molecule has 0 saturated heterocycles. The molecule has 0 unspecified atom stereocenters. The zero-order valence-electron chi connectivity index (χ0n) is 12.2. The summed E-state index contributed by atoms with van der Waals surface area (Å²) in [7, 11) is 0. The first-order chi connectivity index (χ1) is 11.1. The first-order valence-electron chi connectivity index (χ1n) is 6.96. The van der Waals surface area contributed by atoms with Gasteiger partial charge in [0.05, 0.1) is 16.7 Å². The van der Waals surface area contributed by atoms with Gasteiger partial charge in [-0.15, -0.1) is 0 Å². The Bertz CT molecular complexity index is 680. The minimum absolute atomic E-state index is 0.524. The Hall–Kier alpha value is -1.95. The van der Waals surface area contributed by atoms with E-state index < -0.39 is 6.03 Å². The van der Waals surface area contributed by atoms with Crippen molar-refractivity contribution in [2.75, 3.05) is 11.9 Å². The van der Waals surface area contributed by atoms with Crippen LogP contribution in [0.4, 0.5) is 10.5 Å². The van der Waals surface area contributed by atoms with E-state index in [1.54, 1.807) is 30.3 Å². The Morgan fingerprint density at radius 3 is 2.70 bits per heavy atom. The zero-order chi connectivity index (χ0) is 16.7. The molecule has 0 spiro atoms. The number of carbonyl (C=O) groups excluding carboxylic acids is 1. The number of ether oxygens (including phenoxy) is 1. The van der Waals surface area contributed by atoms with Gasteiger partial charge in [-0.25, -0.2) is 10.3 Å². The van der Waals surface area contributed by atoms with Gasteiger partial charge < -0.3 is 10.1 Å². The van der Waals surface area contributed by atoms with Crippen molar-refractivity contribution in [3.8, 4) is 5.75 Å². The predicted molar refractivity (Wildman–Crippen MR) is 90.7 cm³/mol. The molecule has 0 saturated carbocycles. The Labute approximate surface area is 144 Å². The lowest BCUT2D eigenvalue weighted by atomic mass is 10.1. The summed E-state index contributed by atoms with van der Waals surface area (Å²) in [5.74, 6) is 0.634. The third-order valence-electron chi connectivity index (χ3n) is 3.06. The molecule has 23 heavy (non-hydrogen) atoms. The van der Waals surface area contributed by atoms with Crippen molar-refractivity contribution in [3.63, 3.8) is 0 Å². The Kier molecular flexibility index (Phi) is 6.52. The van der Waals surface area contributed by atoms with Gasteiger partial charge in [-0.2, -0.15) is 0 Å². The number of hydroxylamine groups is 1. The molecule has 0 fully saturated rings. The molecule has 3 N–H and O–H groups in total. The molecule has 2 amide bonds. The van der Waals surface area contributed by atoms with Crippen LogP contribution in [0.5, 0.6) is 5.75 Å². The number of urea groups is 1. The average Bonchev–Trinajstić information content (AvgIpc) is 2.55. The van der Waals surface area contributed by atoms with Gasteiger partial charge in [0.1, 0.15) is 5.75 Å². The summed E-state index contributed by atoms with van der Waals surface area (Å²) in [5.41, 5.74) is 3.12. The van der Waals surface area contributed by atoms with Crippen LogP contribution in [0.15, 0.2) is 42.5 Å². The number of halogens is 2. The number of aryl methyl sites for hydroxylation is 1. The lowest BCUT2D eigenvalue weighted by Crippen LogP contribution is -2.25. The lowest BCUT2D eigenvalue weighted by molar-refractivity contribution is 0.172. The van der Waals surface area contributed by atoms with E-state index in [0.717, 1.165) is 18.4 Å². The van der Waals surface area contributed by atoms with Crippen molar-refractivity contribution in [1.29, 1.82) is 0 Å². The molecular weight excluding hydrogens is 339 g/mol. The molecule has 0 aliphatic rings. The topological polar surface area (TPSA) is 70.6 Å². The monoisotopic (exact) mass is 354 g/mol. The van der Waals surface area contributed by atoms with Crippen LogP contribution >= 0.6 is 23.2 Å². The van der Waals surface area contributed by atoms with Crippen molar-refractivity contribution < 1.29 is 14.7 Å². The minimum Gasteiger partial charge on any atom is -0.494 e. The van der Waals surface area contributed by atoms with Gasteiger partial charge in [0.15, 0.2) is 0 Å². The second kappa shape index (κ2) is 8.62. The second-order valence-electron chi connectivity index (χ2n) is 4.79. The van der Waals surface area contributed by atoms with Crippen molar-refractivity contribution in [2.45, 2.75) is 12.8 Å². The zero-order valence-corrected chi connectivity index (χ0v) is 13.7. The maximum Gasteiger partial charge on any atom is 0.342 e. The number of carbonyl (C=O) groups is 1. The van der Waals surface area contributed by atoms with Crippen molar-refractivity contribution in [3.05, 3.63) is 58.1 Å². The minimum atomic E-state index is -0.707. The van der Waals surface area contributed by atoms with E-state index in [4.69, 9.17) is 33.1 Å². The second-order valence-corrected chi connectivity index (χ2v) is 5.61. The SMILES string of the molecule is O=C(NO)Nc1cccc(OCCCc2ccc(Cl)c(Cl)c2)c1. The van der Waals surface area contributed by atoms with E-state index in [0.29, 0.717) is 28.1 Å². The largest absolute Gasteiger partial charge is 0.494 e. The van der Waals surface area contributed by atoms with E-state index in [-0.39, 0.29) is 0 Å². The van der Waals surface area contributed by atoms with Crippen molar-refractivity contribution in [1.82, 2.24) is 5.48 Å². The molecule has 0 radical (unpaired) electrons. The molecule has 5 nitrogen and oxygen atoms in total. The molecule has 0 bridgehead atoms. The van der Waals surface area contributed by atoms with Gasteiger partial charge in [-0.3, -0.25) is 5.21 Å². The number of nitrogens with one attached hydrogen (secondary N) is 2. The molecule has 2 aromatic carbocycles. The highest BCUT2D eigenvalue weighted by Gasteiger charge is 2.02. The summed E-state index contributed by atoms with van der Waals surface area (Å²) in [6.07, 6.45) is 1.63. The number of anilines is 1. The van der Waals surface area contributed by atoms with Crippen LogP contribution in [-0.2, 0) is 6.42 Å². The average molecular weight is 355 g/mol. The third-order valence-corrected chi connectivity index (χ3v) is 3.80. The van der Waals surface area contributed by atoms with E-state index in [1.165, 1.54) is 5.48 Å². The van der Waals surface area contributed by atoms with E-state index in [9.17, 15) is 4.79 Å². The van der Waals surface area contributed by atoms with E-state index in [2.05, 4.69) is 5.32 Å². The van der Waals surface area contributed by atoms with Crippen LogP contribution in [-0.4, -0.2) is 17.8 Å². The Morgan fingerprint density at radius 1 is 1.13 bits per heavy atom. The van der Waals surface area contributed by atoms with Gasteiger partial charge in [0.2, 0.25) is 0 Å². The Balaban J connectivity index is 1.80. The maximum absolute atomic E-state index is 11.0. The molecule has 0 heterocycles. The number of rotatable bonds is 6. The Morgan fingerprint density at radius 2 is 1.96 bits per heavy atom. The molecule has 122 valence electrons. The smallest absolute Gasteiger partial charge is 0.342 e.